The number of amides is 1. The number of nitrogens with one attached hydrogen (secondary N) is 1. The number of fused-ring (bicyclic) bond motifs is 1. The Morgan fingerprint density at radius 1 is 1.31 bits per heavy atom. The standard InChI is InChI=1S/C15H17F3N2O4S2/c1-2-3-4-7-26(22,23)9-13(21)20-14-19-11-6-5-10(8-12(11)25-14)24-15(16,17)18/h5-6,8H,2-4,7,9H2,1H3,(H,19,20,21). The molecule has 0 saturated carbocycles. The third-order valence-corrected chi connectivity index (χ3v) is 5.80. The van der Waals surface area contributed by atoms with E-state index >= 15 is 0 Å². The van der Waals surface area contributed by atoms with E-state index in [4.69, 9.17) is 0 Å². The summed E-state index contributed by atoms with van der Waals surface area (Å²) in [6.07, 6.45) is -2.68. The summed E-state index contributed by atoms with van der Waals surface area (Å²) in [5.41, 5.74) is 0.366. The fraction of sp³-hybridized carbons (Fsp3) is 0.467. The molecule has 2 aromatic rings. The molecule has 1 amide bonds. The third-order valence-electron chi connectivity index (χ3n) is 3.25. The molecular weight excluding hydrogens is 393 g/mol. The SMILES string of the molecule is CCCCCS(=O)(=O)CC(=O)Nc1nc2ccc(OC(F)(F)F)cc2s1. The Morgan fingerprint density at radius 2 is 2.04 bits per heavy atom. The zero-order valence-corrected chi connectivity index (χ0v) is 15.4. The van der Waals surface area contributed by atoms with E-state index < -0.39 is 33.6 Å². The largest absolute Gasteiger partial charge is 0.573 e. The lowest BCUT2D eigenvalue weighted by molar-refractivity contribution is -0.274. The first-order valence-corrected chi connectivity index (χ1v) is 10.4. The van der Waals surface area contributed by atoms with Gasteiger partial charge in [-0.2, -0.15) is 0 Å². The van der Waals surface area contributed by atoms with Crippen molar-refractivity contribution in [3.05, 3.63) is 18.2 Å². The van der Waals surface area contributed by atoms with Crippen LogP contribution in [0.2, 0.25) is 0 Å². The molecule has 0 atom stereocenters. The molecule has 2 rings (SSSR count). The zero-order valence-electron chi connectivity index (χ0n) is 13.8. The Labute approximate surface area is 152 Å². The van der Waals surface area contributed by atoms with Gasteiger partial charge in [0.25, 0.3) is 0 Å². The normalized spacial score (nSPS) is 12.3. The molecule has 11 heteroatoms. The van der Waals surface area contributed by atoms with Crippen molar-refractivity contribution in [2.24, 2.45) is 0 Å². The maximum Gasteiger partial charge on any atom is 0.573 e. The highest BCUT2D eigenvalue weighted by Gasteiger charge is 2.31. The molecule has 0 fully saturated rings. The van der Waals surface area contributed by atoms with E-state index in [1.54, 1.807) is 0 Å². The molecule has 1 heterocycles. The van der Waals surface area contributed by atoms with E-state index in [-0.39, 0.29) is 10.9 Å². The molecule has 1 aromatic carbocycles. The molecule has 1 N–H and O–H groups in total. The number of rotatable bonds is 8. The van der Waals surface area contributed by atoms with E-state index in [2.05, 4.69) is 15.0 Å². The topological polar surface area (TPSA) is 85.4 Å². The molecule has 0 radical (unpaired) electrons. The van der Waals surface area contributed by atoms with Crippen LogP contribution in [0.25, 0.3) is 10.2 Å². The summed E-state index contributed by atoms with van der Waals surface area (Å²) in [5, 5.41) is 2.48. The molecule has 0 aliphatic rings. The van der Waals surface area contributed by atoms with Crippen LogP contribution in [0.4, 0.5) is 18.3 Å². The Kier molecular flexibility index (Phi) is 6.45. The van der Waals surface area contributed by atoms with Crippen LogP contribution in [0.5, 0.6) is 5.75 Å². The van der Waals surface area contributed by atoms with E-state index in [9.17, 15) is 26.4 Å². The van der Waals surface area contributed by atoms with Crippen LogP contribution in [0.3, 0.4) is 0 Å². The van der Waals surface area contributed by atoms with E-state index in [1.807, 2.05) is 6.92 Å². The number of halogens is 3. The number of aromatic nitrogens is 1. The summed E-state index contributed by atoms with van der Waals surface area (Å²) < 4.78 is 64.6. The number of benzene rings is 1. The summed E-state index contributed by atoms with van der Waals surface area (Å²) in [6, 6.07) is 3.58. The zero-order chi connectivity index (χ0) is 19.4. The smallest absolute Gasteiger partial charge is 0.406 e. The van der Waals surface area contributed by atoms with Crippen molar-refractivity contribution < 1.29 is 31.1 Å². The summed E-state index contributed by atoms with van der Waals surface area (Å²) in [4.78, 5) is 15.9. The molecule has 6 nitrogen and oxygen atoms in total. The summed E-state index contributed by atoms with van der Waals surface area (Å²) in [5.74, 6) is -1.85. The van der Waals surface area contributed by atoms with Gasteiger partial charge in [-0.25, -0.2) is 13.4 Å². The van der Waals surface area contributed by atoms with E-state index in [1.165, 1.54) is 6.07 Å². The highest BCUT2D eigenvalue weighted by molar-refractivity contribution is 7.92. The average Bonchev–Trinajstić information content (AvgIpc) is 2.86. The second kappa shape index (κ2) is 8.21. The average molecular weight is 410 g/mol. The molecule has 0 saturated heterocycles. The molecule has 144 valence electrons. The predicted octanol–water partition coefficient (Wildman–Crippen LogP) is 3.74. The fourth-order valence-corrected chi connectivity index (χ4v) is 4.33. The van der Waals surface area contributed by atoms with Gasteiger partial charge in [0.1, 0.15) is 11.5 Å². The van der Waals surface area contributed by atoms with Crippen molar-refractivity contribution in [2.75, 3.05) is 16.8 Å². The molecule has 0 bridgehead atoms. The number of sulfone groups is 1. The van der Waals surface area contributed by atoms with Crippen LogP contribution in [-0.2, 0) is 14.6 Å². The Balaban J connectivity index is 2.03. The second-order valence-corrected chi connectivity index (χ2v) is 8.76. The van der Waals surface area contributed by atoms with Gasteiger partial charge in [0, 0.05) is 6.07 Å². The number of nitrogens with zero attached hydrogens (tertiary/aromatic N) is 1. The number of ether oxygens (including phenoxy) is 1. The predicted molar refractivity (Wildman–Crippen MR) is 93.1 cm³/mol. The lowest BCUT2D eigenvalue weighted by Gasteiger charge is -2.07. The van der Waals surface area contributed by atoms with Crippen molar-refractivity contribution in [3.8, 4) is 5.75 Å². The molecule has 0 aliphatic carbocycles. The molecular formula is C15H17F3N2O4S2. The monoisotopic (exact) mass is 410 g/mol. The van der Waals surface area contributed by atoms with Crippen molar-refractivity contribution in [1.29, 1.82) is 0 Å². The lowest BCUT2D eigenvalue weighted by Crippen LogP contribution is -2.24. The molecule has 0 aliphatic heterocycles. The molecule has 1 aromatic heterocycles. The van der Waals surface area contributed by atoms with Gasteiger partial charge in [-0.15, -0.1) is 13.2 Å². The quantitative estimate of drug-likeness (QED) is 0.670. The van der Waals surface area contributed by atoms with Crippen LogP contribution < -0.4 is 10.1 Å². The maximum absolute atomic E-state index is 12.2. The number of alkyl halides is 3. The van der Waals surface area contributed by atoms with Crippen LogP contribution in [0.15, 0.2) is 18.2 Å². The van der Waals surface area contributed by atoms with Crippen LogP contribution >= 0.6 is 11.3 Å². The van der Waals surface area contributed by atoms with Gasteiger partial charge in [-0.05, 0) is 18.6 Å². The highest BCUT2D eigenvalue weighted by atomic mass is 32.2. The summed E-state index contributed by atoms with van der Waals surface area (Å²) in [7, 11) is -3.51. The van der Waals surface area contributed by atoms with Gasteiger partial charge in [-0.1, -0.05) is 31.1 Å². The minimum absolute atomic E-state index is 0.0632. The first-order chi connectivity index (χ1) is 12.1. The first kappa shape index (κ1) is 20.4. The fourth-order valence-electron chi connectivity index (χ4n) is 2.15. The second-order valence-electron chi connectivity index (χ2n) is 5.54. The Morgan fingerprint density at radius 3 is 2.69 bits per heavy atom. The molecule has 26 heavy (non-hydrogen) atoms. The first-order valence-electron chi connectivity index (χ1n) is 7.74. The van der Waals surface area contributed by atoms with Gasteiger partial charge in [0.2, 0.25) is 5.91 Å². The Bertz CT molecular complexity index is 879. The summed E-state index contributed by atoms with van der Waals surface area (Å²) in [6.45, 7) is 1.94. The number of hydrogen-bond donors (Lipinski definition) is 1. The minimum atomic E-state index is -4.80. The number of thiazole rings is 1. The number of carbonyl (C=O) groups is 1. The maximum atomic E-state index is 12.2. The Hall–Kier alpha value is -1.88. The van der Waals surface area contributed by atoms with Gasteiger partial charge < -0.3 is 10.1 Å². The number of anilines is 1. The van der Waals surface area contributed by atoms with Crippen molar-refractivity contribution >= 4 is 42.4 Å². The van der Waals surface area contributed by atoms with Gasteiger partial charge in [0.15, 0.2) is 15.0 Å². The number of hydrogen-bond acceptors (Lipinski definition) is 6. The summed E-state index contributed by atoms with van der Waals surface area (Å²) >= 11 is 0.928. The highest BCUT2D eigenvalue weighted by Crippen LogP contribution is 2.31. The lowest BCUT2D eigenvalue weighted by atomic mass is 10.3. The van der Waals surface area contributed by atoms with Crippen LogP contribution in [-0.4, -0.2) is 37.2 Å². The van der Waals surface area contributed by atoms with Gasteiger partial charge >= 0.3 is 6.36 Å². The van der Waals surface area contributed by atoms with E-state index in [0.29, 0.717) is 16.6 Å². The van der Waals surface area contributed by atoms with Crippen molar-refractivity contribution in [1.82, 2.24) is 4.98 Å². The minimum Gasteiger partial charge on any atom is -0.406 e. The molecule has 0 unspecified atom stereocenters. The van der Waals surface area contributed by atoms with E-state index in [0.717, 1.165) is 36.3 Å². The number of carbonyl (C=O) groups excluding carboxylic acids is 1. The number of unbranched alkanes of at least 4 members (excludes halogenated alkanes) is 2. The molecule has 0 spiro atoms. The third kappa shape index (κ3) is 6.45. The van der Waals surface area contributed by atoms with Crippen molar-refractivity contribution in [2.45, 2.75) is 32.5 Å². The van der Waals surface area contributed by atoms with Crippen molar-refractivity contribution in [3.63, 3.8) is 0 Å². The van der Waals surface area contributed by atoms with Crippen LogP contribution in [0, 0.1) is 0 Å². The van der Waals surface area contributed by atoms with Crippen LogP contribution in [0.1, 0.15) is 26.2 Å². The van der Waals surface area contributed by atoms with Gasteiger partial charge in [0.05, 0.1) is 16.0 Å². The van der Waals surface area contributed by atoms with Gasteiger partial charge in [-0.3, -0.25) is 4.79 Å².